The monoisotopic (exact) mass is 294 g/mol. The van der Waals surface area contributed by atoms with Gasteiger partial charge in [-0.15, -0.1) is 0 Å². The summed E-state index contributed by atoms with van der Waals surface area (Å²) in [6.07, 6.45) is 0. The summed E-state index contributed by atoms with van der Waals surface area (Å²) in [5.41, 5.74) is 6.23. The van der Waals surface area contributed by atoms with E-state index in [4.69, 9.17) is 14.9 Å². The van der Waals surface area contributed by atoms with Crippen LogP contribution >= 0.6 is 0 Å². The summed E-state index contributed by atoms with van der Waals surface area (Å²) in [5.74, 6) is 1.12. The molecule has 0 radical (unpaired) electrons. The maximum Gasteiger partial charge on any atom is 0.274 e. The van der Waals surface area contributed by atoms with Gasteiger partial charge in [0.05, 0.1) is 12.6 Å². The first-order chi connectivity index (χ1) is 9.60. The van der Waals surface area contributed by atoms with Crippen LogP contribution in [-0.2, 0) is 16.6 Å². The van der Waals surface area contributed by atoms with E-state index >= 15 is 0 Å². The van der Waals surface area contributed by atoms with Crippen LogP contribution in [0.1, 0.15) is 17.4 Å². The zero-order valence-electron chi connectivity index (χ0n) is 10.6. The minimum Gasteiger partial charge on any atom is -0.491 e. The van der Waals surface area contributed by atoms with Crippen LogP contribution in [0.25, 0.3) is 0 Å². The van der Waals surface area contributed by atoms with Gasteiger partial charge >= 0.3 is 0 Å². The molecule has 3 rings (SSSR count). The molecule has 0 bridgehead atoms. The molecule has 1 aromatic heterocycles. The topological polar surface area (TPSA) is 94.6 Å². The number of nitrogens with one attached hydrogen (secondary N) is 1. The number of para-hydroxylation sites is 1. The second kappa shape index (κ2) is 4.93. The van der Waals surface area contributed by atoms with E-state index in [-0.39, 0.29) is 18.2 Å². The van der Waals surface area contributed by atoms with Gasteiger partial charge in [-0.1, -0.05) is 18.2 Å². The Morgan fingerprint density at radius 2 is 2.05 bits per heavy atom. The van der Waals surface area contributed by atoms with Crippen LogP contribution in [0.4, 0.5) is 0 Å². The molecule has 106 valence electrons. The van der Waals surface area contributed by atoms with Gasteiger partial charge < -0.3 is 14.9 Å². The van der Waals surface area contributed by atoms with E-state index < -0.39 is 16.1 Å². The molecule has 2 aromatic rings. The van der Waals surface area contributed by atoms with Crippen molar-refractivity contribution in [1.82, 2.24) is 4.72 Å². The fraction of sp³-hybridized carbons (Fsp3) is 0.231. The molecule has 0 spiro atoms. The predicted molar refractivity (Wildman–Crippen MR) is 71.6 cm³/mol. The lowest BCUT2D eigenvalue weighted by molar-refractivity contribution is 0.323. The fourth-order valence-corrected chi connectivity index (χ4v) is 3.27. The first-order valence-corrected chi connectivity index (χ1v) is 7.61. The van der Waals surface area contributed by atoms with Gasteiger partial charge in [0, 0.05) is 5.56 Å². The molecule has 0 saturated heterocycles. The summed E-state index contributed by atoms with van der Waals surface area (Å²) in [6.45, 7) is 0.425. The highest BCUT2D eigenvalue weighted by Crippen LogP contribution is 2.32. The average molecular weight is 294 g/mol. The van der Waals surface area contributed by atoms with Gasteiger partial charge in [-0.05, 0) is 18.2 Å². The van der Waals surface area contributed by atoms with Crippen molar-refractivity contribution < 1.29 is 17.6 Å². The Hall–Kier alpha value is -1.83. The molecule has 0 saturated carbocycles. The molecule has 1 aliphatic heterocycles. The van der Waals surface area contributed by atoms with E-state index in [1.54, 1.807) is 6.07 Å². The molecule has 6 nitrogen and oxygen atoms in total. The Kier molecular flexibility index (Phi) is 3.25. The van der Waals surface area contributed by atoms with Crippen LogP contribution in [0, 0.1) is 0 Å². The van der Waals surface area contributed by atoms with Crippen molar-refractivity contribution in [2.24, 2.45) is 5.73 Å². The van der Waals surface area contributed by atoms with Crippen molar-refractivity contribution >= 4 is 10.0 Å². The van der Waals surface area contributed by atoms with Crippen molar-refractivity contribution in [1.29, 1.82) is 0 Å². The highest BCUT2D eigenvalue weighted by molar-refractivity contribution is 7.89. The number of rotatable bonds is 4. The largest absolute Gasteiger partial charge is 0.491 e. The summed E-state index contributed by atoms with van der Waals surface area (Å²) in [4.78, 5) is 0. The molecular formula is C13H14N2O4S. The van der Waals surface area contributed by atoms with E-state index in [9.17, 15) is 8.42 Å². The highest BCUT2D eigenvalue weighted by atomic mass is 32.2. The number of hydrogen-bond donors (Lipinski definition) is 2. The van der Waals surface area contributed by atoms with Crippen LogP contribution in [-0.4, -0.2) is 15.0 Å². The zero-order valence-corrected chi connectivity index (χ0v) is 11.4. The Morgan fingerprint density at radius 1 is 1.25 bits per heavy atom. The summed E-state index contributed by atoms with van der Waals surface area (Å²) in [5, 5.41) is -0.137. The number of furan rings is 1. The predicted octanol–water partition coefficient (Wildman–Crippen LogP) is 1.15. The third-order valence-corrected chi connectivity index (χ3v) is 4.44. The molecular weight excluding hydrogens is 280 g/mol. The minimum atomic E-state index is -3.73. The normalized spacial score (nSPS) is 17.8. The molecule has 7 heteroatoms. The third kappa shape index (κ3) is 2.31. The summed E-state index contributed by atoms with van der Waals surface area (Å²) >= 11 is 0. The van der Waals surface area contributed by atoms with Gasteiger partial charge in [0.2, 0.25) is 5.09 Å². The van der Waals surface area contributed by atoms with Crippen LogP contribution in [0.2, 0.25) is 0 Å². The molecule has 1 atom stereocenters. The maximum atomic E-state index is 12.2. The highest BCUT2D eigenvalue weighted by Gasteiger charge is 2.30. The van der Waals surface area contributed by atoms with Crippen LogP contribution in [0.15, 0.2) is 45.9 Å². The maximum absolute atomic E-state index is 12.2. The number of hydrogen-bond acceptors (Lipinski definition) is 5. The molecule has 0 aliphatic carbocycles. The summed E-state index contributed by atoms with van der Waals surface area (Å²) in [6, 6.07) is 9.86. The second-order valence-electron chi connectivity index (χ2n) is 4.45. The zero-order chi connectivity index (χ0) is 14.2. The van der Waals surface area contributed by atoms with Gasteiger partial charge in [0.25, 0.3) is 10.0 Å². The van der Waals surface area contributed by atoms with Crippen molar-refractivity contribution in [3.05, 3.63) is 47.7 Å². The molecule has 1 unspecified atom stereocenters. The lowest BCUT2D eigenvalue weighted by atomic mass is 10.1. The summed E-state index contributed by atoms with van der Waals surface area (Å²) < 4.78 is 37.7. The Labute approximate surface area is 116 Å². The Morgan fingerprint density at radius 3 is 2.80 bits per heavy atom. The van der Waals surface area contributed by atoms with Gasteiger partial charge in [-0.3, -0.25) is 0 Å². The van der Waals surface area contributed by atoms with E-state index in [1.165, 1.54) is 6.07 Å². The standard InChI is InChI=1S/C13H14N2O4S/c14-7-9-5-6-13(19-9)20(16,17)15-11-8-18-12-4-2-1-3-10(11)12/h1-6,11,15H,7-8,14H2. The van der Waals surface area contributed by atoms with Crippen LogP contribution < -0.4 is 15.2 Å². The minimum absolute atomic E-state index is 0.137. The number of benzene rings is 1. The van der Waals surface area contributed by atoms with E-state index in [0.717, 1.165) is 5.56 Å². The number of sulfonamides is 1. The third-order valence-electron chi connectivity index (χ3n) is 3.10. The van der Waals surface area contributed by atoms with Crippen molar-refractivity contribution in [2.75, 3.05) is 6.61 Å². The molecule has 1 aromatic carbocycles. The lowest BCUT2D eigenvalue weighted by Gasteiger charge is -2.10. The van der Waals surface area contributed by atoms with Gasteiger partial charge in [0.1, 0.15) is 18.1 Å². The van der Waals surface area contributed by atoms with Gasteiger partial charge in [-0.25, -0.2) is 8.42 Å². The Bertz CT molecular complexity index is 723. The smallest absolute Gasteiger partial charge is 0.274 e. The van der Waals surface area contributed by atoms with Gasteiger partial charge in [-0.2, -0.15) is 4.72 Å². The van der Waals surface area contributed by atoms with E-state index in [1.807, 2.05) is 24.3 Å². The van der Waals surface area contributed by atoms with E-state index in [0.29, 0.717) is 11.5 Å². The molecule has 0 fully saturated rings. The molecule has 2 heterocycles. The number of fused-ring (bicyclic) bond motifs is 1. The first-order valence-electron chi connectivity index (χ1n) is 6.13. The van der Waals surface area contributed by atoms with Crippen molar-refractivity contribution in [2.45, 2.75) is 17.7 Å². The molecule has 3 N–H and O–H groups in total. The Balaban J connectivity index is 1.84. The van der Waals surface area contributed by atoms with Crippen molar-refractivity contribution in [3.8, 4) is 5.75 Å². The van der Waals surface area contributed by atoms with Crippen LogP contribution in [0.5, 0.6) is 5.75 Å². The van der Waals surface area contributed by atoms with Crippen LogP contribution in [0.3, 0.4) is 0 Å². The average Bonchev–Trinajstić information content (AvgIpc) is 3.06. The lowest BCUT2D eigenvalue weighted by Crippen LogP contribution is -2.29. The number of nitrogens with two attached hydrogens (primary N) is 1. The summed E-state index contributed by atoms with van der Waals surface area (Å²) in [7, 11) is -3.73. The fourth-order valence-electron chi connectivity index (χ4n) is 2.12. The SMILES string of the molecule is NCc1ccc(S(=O)(=O)NC2COc3ccccc32)o1. The number of ether oxygens (including phenoxy) is 1. The quantitative estimate of drug-likeness (QED) is 0.882. The molecule has 1 aliphatic rings. The van der Waals surface area contributed by atoms with E-state index in [2.05, 4.69) is 4.72 Å². The first kappa shape index (κ1) is 13.2. The molecule has 0 amide bonds. The van der Waals surface area contributed by atoms with Crippen molar-refractivity contribution in [3.63, 3.8) is 0 Å². The van der Waals surface area contributed by atoms with Gasteiger partial charge in [0.15, 0.2) is 0 Å². The second-order valence-corrected chi connectivity index (χ2v) is 6.09. The molecule has 20 heavy (non-hydrogen) atoms.